The van der Waals surface area contributed by atoms with E-state index in [1.807, 2.05) is 6.08 Å². The molecule has 4 aliphatic carbocycles. The van der Waals surface area contributed by atoms with Crippen LogP contribution in [0, 0.1) is 23.2 Å². The van der Waals surface area contributed by atoms with E-state index in [1.165, 1.54) is 37.7 Å². The molecule has 0 aliphatic heterocycles. The van der Waals surface area contributed by atoms with Crippen molar-refractivity contribution in [3.05, 3.63) is 89.7 Å². The Labute approximate surface area is 206 Å². The standard InChI is InChI=1S/C32H40N2/c1-32(22-8-7-16-30(32)26-11-3-2-4-12-26)34-23-21-31(33)27-19-17-25(18-20-27)29-15-9-13-24-10-5-6-14-28(24)29/h2-3,5-6,8-11,13-14,21-23,25,27,29-30,33-34H,4,7,12,15-20H2,1H3/b23-21+,33-31?. The molecule has 1 saturated carbocycles. The Hall–Kier alpha value is -2.61. The van der Waals surface area contributed by atoms with E-state index >= 15 is 0 Å². The van der Waals surface area contributed by atoms with Crippen LogP contribution in [0.3, 0.4) is 0 Å². The van der Waals surface area contributed by atoms with E-state index in [0.29, 0.717) is 17.8 Å². The highest BCUT2D eigenvalue weighted by molar-refractivity contribution is 5.94. The molecule has 2 heteroatoms. The lowest BCUT2D eigenvalue weighted by atomic mass is 9.69. The summed E-state index contributed by atoms with van der Waals surface area (Å²) in [6.45, 7) is 2.32. The van der Waals surface area contributed by atoms with Gasteiger partial charge in [0.15, 0.2) is 0 Å². The smallest absolute Gasteiger partial charge is 0.0587 e. The van der Waals surface area contributed by atoms with Crippen LogP contribution in [0.4, 0.5) is 0 Å². The summed E-state index contributed by atoms with van der Waals surface area (Å²) < 4.78 is 0. The third-order valence-electron chi connectivity index (χ3n) is 8.82. The zero-order valence-electron chi connectivity index (χ0n) is 20.7. The lowest BCUT2D eigenvalue weighted by Crippen LogP contribution is -2.46. The second-order valence-corrected chi connectivity index (χ2v) is 10.9. The van der Waals surface area contributed by atoms with Crippen LogP contribution < -0.4 is 5.32 Å². The van der Waals surface area contributed by atoms with E-state index in [9.17, 15) is 0 Å². The van der Waals surface area contributed by atoms with Crippen LogP contribution in [-0.4, -0.2) is 11.3 Å². The van der Waals surface area contributed by atoms with Crippen molar-refractivity contribution >= 4 is 11.8 Å². The fourth-order valence-corrected chi connectivity index (χ4v) is 6.83. The number of rotatable bonds is 6. The fourth-order valence-electron chi connectivity index (χ4n) is 6.83. The van der Waals surface area contributed by atoms with E-state index in [1.54, 1.807) is 11.1 Å². The summed E-state index contributed by atoms with van der Waals surface area (Å²) >= 11 is 0. The predicted octanol–water partition coefficient (Wildman–Crippen LogP) is 8.12. The average Bonchev–Trinajstić information content (AvgIpc) is 2.89. The Bertz CT molecular complexity index is 1030. The van der Waals surface area contributed by atoms with Crippen LogP contribution in [0.1, 0.15) is 81.8 Å². The van der Waals surface area contributed by atoms with Crippen molar-refractivity contribution in [2.75, 3.05) is 0 Å². The van der Waals surface area contributed by atoms with Gasteiger partial charge in [0.25, 0.3) is 0 Å². The Kier molecular flexibility index (Phi) is 7.04. The summed E-state index contributed by atoms with van der Waals surface area (Å²) in [5.41, 5.74) is 5.26. The molecule has 3 atom stereocenters. The topological polar surface area (TPSA) is 35.9 Å². The SMILES string of the molecule is CC1(N/C=C/C(=N)C2CCC(C3CC=Cc4ccccc43)CC2)C=CCCC1C1=CC=CCC1. The second-order valence-electron chi connectivity index (χ2n) is 10.9. The third-order valence-corrected chi connectivity index (χ3v) is 8.82. The van der Waals surface area contributed by atoms with Gasteiger partial charge >= 0.3 is 0 Å². The third kappa shape index (κ3) is 4.92. The molecule has 5 rings (SSSR count). The molecular weight excluding hydrogens is 412 g/mol. The highest BCUT2D eigenvalue weighted by Gasteiger charge is 2.35. The molecule has 4 aliphatic rings. The van der Waals surface area contributed by atoms with Gasteiger partial charge in [-0.15, -0.1) is 0 Å². The molecule has 0 radical (unpaired) electrons. The van der Waals surface area contributed by atoms with Crippen molar-refractivity contribution in [1.82, 2.24) is 5.32 Å². The van der Waals surface area contributed by atoms with E-state index < -0.39 is 0 Å². The van der Waals surface area contributed by atoms with E-state index in [2.05, 4.69) is 85.2 Å². The minimum absolute atomic E-state index is 0.0639. The molecule has 0 bridgehead atoms. The van der Waals surface area contributed by atoms with Gasteiger partial charge in [0.1, 0.15) is 0 Å². The van der Waals surface area contributed by atoms with E-state index in [0.717, 1.165) is 37.3 Å². The highest BCUT2D eigenvalue weighted by Crippen LogP contribution is 2.43. The van der Waals surface area contributed by atoms with Gasteiger partial charge in [0, 0.05) is 17.5 Å². The molecule has 3 unspecified atom stereocenters. The minimum Gasteiger partial charge on any atom is -0.382 e. The number of nitrogens with one attached hydrogen (secondary N) is 2. The van der Waals surface area contributed by atoms with Crippen molar-refractivity contribution in [3.63, 3.8) is 0 Å². The van der Waals surface area contributed by atoms with Crippen molar-refractivity contribution in [2.45, 2.75) is 76.2 Å². The lowest BCUT2D eigenvalue weighted by Gasteiger charge is -2.40. The van der Waals surface area contributed by atoms with Crippen molar-refractivity contribution in [3.8, 4) is 0 Å². The molecule has 0 spiro atoms. The number of hydrogen-bond donors (Lipinski definition) is 2. The van der Waals surface area contributed by atoms with Gasteiger partial charge in [-0.2, -0.15) is 0 Å². The zero-order valence-corrected chi connectivity index (χ0v) is 20.7. The van der Waals surface area contributed by atoms with Crippen LogP contribution >= 0.6 is 0 Å². The van der Waals surface area contributed by atoms with Crippen molar-refractivity contribution < 1.29 is 0 Å². The van der Waals surface area contributed by atoms with Gasteiger partial charge in [0.2, 0.25) is 0 Å². The molecule has 34 heavy (non-hydrogen) atoms. The van der Waals surface area contributed by atoms with Gasteiger partial charge in [-0.05, 0) is 99.9 Å². The number of hydrogen-bond acceptors (Lipinski definition) is 2. The molecule has 0 amide bonds. The first-order valence-corrected chi connectivity index (χ1v) is 13.5. The maximum Gasteiger partial charge on any atom is 0.0587 e. The summed E-state index contributed by atoms with van der Waals surface area (Å²) in [6.07, 6.45) is 30.9. The Morgan fingerprint density at radius 1 is 1.03 bits per heavy atom. The quantitative estimate of drug-likeness (QED) is 0.332. The maximum atomic E-state index is 8.76. The number of benzene rings is 1. The van der Waals surface area contributed by atoms with E-state index in [4.69, 9.17) is 5.41 Å². The van der Waals surface area contributed by atoms with Gasteiger partial charge in [0.05, 0.1) is 5.54 Å². The average molecular weight is 453 g/mol. The van der Waals surface area contributed by atoms with Crippen LogP contribution in [-0.2, 0) is 0 Å². The molecule has 0 heterocycles. The summed E-state index contributed by atoms with van der Waals surface area (Å²) in [5, 5.41) is 12.5. The normalized spacial score (nSPS) is 32.9. The van der Waals surface area contributed by atoms with Gasteiger partial charge in [-0.25, -0.2) is 0 Å². The number of allylic oxidation sites excluding steroid dienone is 6. The van der Waals surface area contributed by atoms with Crippen LogP contribution in [0.25, 0.3) is 6.08 Å². The molecule has 1 aromatic carbocycles. The predicted molar refractivity (Wildman–Crippen MR) is 145 cm³/mol. The second kappa shape index (κ2) is 10.3. The molecule has 0 saturated heterocycles. The molecule has 1 fully saturated rings. The van der Waals surface area contributed by atoms with Crippen LogP contribution in [0.15, 0.2) is 78.6 Å². The highest BCUT2D eigenvalue weighted by atomic mass is 15.0. The largest absolute Gasteiger partial charge is 0.382 e. The summed E-state index contributed by atoms with van der Waals surface area (Å²) in [6, 6.07) is 8.93. The minimum atomic E-state index is -0.0639. The molecule has 2 nitrogen and oxygen atoms in total. The van der Waals surface area contributed by atoms with Crippen molar-refractivity contribution in [2.24, 2.45) is 17.8 Å². The molecule has 2 N–H and O–H groups in total. The van der Waals surface area contributed by atoms with Crippen LogP contribution in [0.2, 0.25) is 0 Å². The van der Waals surface area contributed by atoms with Gasteiger partial charge in [-0.3, -0.25) is 0 Å². The fraction of sp³-hybridized carbons (Fsp3) is 0.469. The van der Waals surface area contributed by atoms with Gasteiger partial charge < -0.3 is 10.7 Å². The first-order valence-electron chi connectivity index (χ1n) is 13.5. The Balaban J connectivity index is 1.16. The lowest BCUT2D eigenvalue weighted by molar-refractivity contribution is 0.277. The monoisotopic (exact) mass is 452 g/mol. The Morgan fingerprint density at radius 2 is 1.88 bits per heavy atom. The first kappa shape index (κ1) is 23.1. The first-order chi connectivity index (χ1) is 16.6. The Morgan fingerprint density at radius 3 is 2.71 bits per heavy atom. The zero-order chi connectivity index (χ0) is 23.4. The molecular formula is C32H40N2. The van der Waals surface area contributed by atoms with Gasteiger partial charge in [-0.1, -0.05) is 72.4 Å². The summed E-state index contributed by atoms with van der Waals surface area (Å²) in [4.78, 5) is 0. The summed E-state index contributed by atoms with van der Waals surface area (Å²) in [7, 11) is 0. The van der Waals surface area contributed by atoms with E-state index in [-0.39, 0.29) is 5.54 Å². The molecule has 0 aromatic heterocycles. The molecule has 1 aromatic rings. The summed E-state index contributed by atoms with van der Waals surface area (Å²) in [5.74, 6) is 2.35. The van der Waals surface area contributed by atoms with Crippen LogP contribution in [0.5, 0.6) is 0 Å². The van der Waals surface area contributed by atoms with Crippen molar-refractivity contribution in [1.29, 1.82) is 5.41 Å². The maximum absolute atomic E-state index is 8.76. The number of fused-ring (bicyclic) bond motifs is 1. The molecule has 178 valence electrons.